The van der Waals surface area contributed by atoms with Crippen molar-refractivity contribution < 1.29 is 9.53 Å². The van der Waals surface area contributed by atoms with Gasteiger partial charge in [0.1, 0.15) is 16.9 Å². The van der Waals surface area contributed by atoms with Gasteiger partial charge in [0.25, 0.3) is 0 Å². The van der Waals surface area contributed by atoms with Gasteiger partial charge in [-0.2, -0.15) is 11.8 Å². The fraction of sp³-hybridized carbons (Fsp3) is 0.444. The second-order valence-corrected chi connectivity index (χ2v) is 8.00. The zero-order valence-electron chi connectivity index (χ0n) is 14.7. The molecule has 2 aromatic rings. The van der Waals surface area contributed by atoms with Crippen molar-refractivity contribution >= 4 is 29.1 Å². The molecule has 5 nitrogen and oxygen atoms in total. The van der Waals surface area contributed by atoms with E-state index in [2.05, 4.69) is 16.6 Å². The van der Waals surface area contributed by atoms with Crippen molar-refractivity contribution in [3.05, 3.63) is 45.4 Å². The van der Waals surface area contributed by atoms with Gasteiger partial charge in [0.2, 0.25) is 0 Å². The van der Waals surface area contributed by atoms with Crippen LogP contribution in [0.25, 0.3) is 0 Å². The molecule has 7 heteroatoms. The zero-order chi connectivity index (χ0) is 17.8. The van der Waals surface area contributed by atoms with Crippen LogP contribution in [0.4, 0.5) is 4.79 Å². The van der Waals surface area contributed by atoms with Crippen LogP contribution in [0.1, 0.15) is 21.8 Å². The number of urea groups is 1. The molecule has 0 spiro atoms. The number of aromatic nitrogens is 1. The molecule has 1 aliphatic rings. The summed E-state index contributed by atoms with van der Waals surface area (Å²) >= 11 is 3.39. The topological polar surface area (TPSA) is 54.5 Å². The van der Waals surface area contributed by atoms with Crippen molar-refractivity contribution in [1.82, 2.24) is 15.2 Å². The van der Waals surface area contributed by atoms with E-state index < -0.39 is 0 Å². The summed E-state index contributed by atoms with van der Waals surface area (Å²) in [6.45, 7) is 5.81. The van der Waals surface area contributed by atoms with E-state index in [-0.39, 0.29) is 12.1 Å². The van der Waals surface area contributed by atoms with Crippen molar-refractivity contribution in [3.63, 3.8) is 0 Å². The number of rotatable bonds is 6. The number of thiazole rings is 1. The Morgan fingerprint density at radius 3 is 2.80 bits per heavy atom. The van der Waals surface area contributed by atoms with Gasteiger partial charge >= 0.3 is 6.03 Å². The lowest BCUT2D eigenvalue weighted by molar-refractivity contribution is 0.0434. The van der Waals surface area contributed by atoms with Gasteiger partial charge in [-0.1, -0.05) is 18.2 Å². The molecule has 0 atom stereocenters. The molecule has 0 radical (unpaired) electrons. The summed E-state index contributed by atoms with van der Waals surface area (Å²) in [6.07, 6.45) is 2.13. The number of hydrogen-bond donors (Lipinski definition) is 1. The first-order valence-corrected chi connectivity index (χ1v) is 10.5. The summed E-state index contributed by atoms with van der Waals surface area (Å²) < 4.78 is 6.05. The molecule has 1 saturated heterocycles. The Labute approximate surface area is 156 Å². The summed E-state index contributed by atoms with van der Waals surface area (Å²) in [6, 6.07) is 6.07. The summed E-state index contributed by atoms with van der Waals surface area (Å²) in [7, 11) is 0. The molecule has 0 unspecified atom stereocenters. The lowest BCUT2D eigenvalue weighted by atomic mass is 10.1. The van der Waals surface area contributed by atoms with Crippen LogP contribution in [-0.4, -0.2) is 41.4 Å². The van der Waals surface area contributed by atoms with Crippen molar-refractivity contribution in [2.45, 2.75) is 32.2 Å². The molecule has 134 valence electrons. The minimum atomic E-state index is -0.0548. The third-order valence-corrected chi connectivity index (χ3v) is 5.76. The minimum absolute atomic E-state index is 0.0548. The maximum Gasteiger partial charge on any atom is 0.317 e. The number of benzene rings is 1. The highest BCUT2D eigenvalue weighted by molar-refractivity contribution is 7.97. The van der Waals surface area contributed by atoms with Crippen LogP contribution in [0.15, 0.2) is 23.6 Å². The van der Waals surface area contributed by atoms with Gasteiger partial charge in [-0.3, -0.25) is 0 Å². The minimum Gasteiger partial charge on any atom is -0.486 e. The third kappa shape index (κ3) is 4.46. The highest BCUT2D eigenvalue weighted by Crippen LogP contribution is 2.26. The first-order valence-electron chi connectivity index (χ1n) is 8.24. The molecular weight excluding hydrogens is 354 g/mol. The second kappa shape index (κ2) is 8.10. The number of thioether (sulfide) groups is 1. The standard InChI is InChI=1S/C18H23N3O2S2/c1-12-5-4-6-13(2)17(12)23-15-8-21(9-15)18(22)19-7-14-10-25-16(20-14)11-24-3/h4-6,10,15H,7-9,11H2,1-3H3,(H,19,22). The number of likely N-dealkylation sites (tertiary alicyclic amines) is 1. The van der Waals surface area contributed by atoms with E-state index in [0.29, 0.717) is 19.6 Å². The van der Waals surface area contributed by atoms with Crippen LogP contribution in [0.3, 0.4) is 0 Å². The SMILES string of the molecule is CSCc1nc(CNC(=O)N2CC(Oc3c(C)cccc3C)C2)cs1. The van der Waals surface area contributed by atoms with E-state index >= 15 is 0 Å². The number of para-hydroxylation sites is 1. The average molecular weight is 378 g/mol. The number of hydrogen-bond acceptors (Lipinski definition) is 5. The van der Waals surface area contributed by atoms with Crippen LogP contribution in [0, 0.1) is 13.8 Å². The van der Waals surface area contributed by atoms with E-state index in [4.69, 9.17) is 4.74 Å². The van der Waals surface area contributed by atoms with E-state index in [9.17, 15) is 4.79 Å². The van der Waals surface area contributed by atoms with Crippen molar-refractivity contribution in [1.29, 1.82) is 0 Å². The summed E-state index contributed by atoms with van der Waals surface area (Å²) in [5.41, 5.74) is 3.19. The quantitative estimate of drug-likeness (QED) is 0.836. The van der Waals surface area contributed by atoms with Gasteiger partial charge < -0.3 is 15.0 Å². The van der Waals surface area contributed by atoms with Gasteiger partial charge in [0.15, 0.2) is 0 Å². The smallest absolute Gasteiger partial charge is 0.317 e. The number of amides is 2. The van der Waals surface area contributed by atoms with Crippen molar-refractivity contribution in [2.75, 3.05) is 19.3 Å². The number of nitrogens with zero attached hydrogens (tertiary/aromatic N) is 2. The predicted molar refractivity (Wildman–Crippen MR) is 103 cm³/mol. The highest BCUT2D eigenvalue weighted by Gasteiger charge is 2.32. The molecule has 2 heterocycles. The number of nitrogens with one attached hydrogen (secondary N) is 1. The molecule has 0 saturated carbocycles. The molecular formula is C18H23N3O2S2. The molecule has 2 amide bonds. The molecule has 25 heavy (non-hydrogen) atoms. The first-order chi connectivity index (χ1) is 12.1. The lowest BCUT2D eigenvalue weighted by Crippen LogP contribution is -2.58. The van der Waals surface area contributed by atoms with E-state index in [0.717, 1.165) is 33.3 Å². The van der Waals surface area contributed by atoms with Gasteiger partial charge in [-0.25, -0.2) is 9.78 Å². The zero-order valence-corrected chi connectivity index (χ0v) is 16.4. The largest absolute Gasteiger partial charge is 0.486 e. The van der Waals surface area contributed by atoms with Crippen LogP contribution < -0.4 is 10.1 Å². The van der Waals surface area contributed by atoms with Crippen molar-refractivity contribution in [2.24, 2.45) is 0 Å². The summed E-state index contributed by atoms with van der Waals surface area (Å²) in [4.78, 5) is 18.5. The van der Waals surface area contributed by atoms with Crippen LogP contribution in [-0.2, 0) is 12.3 Å². The predicted octanol–water partition coefficient (Wildman–Crippen LogP) is 3.60. The number of aryl methyl sites for hydroxylation is 2. The summed E-state index contributed by atoms with van der Waals surface area (Å²) in [5, 5.41) is 6.04. The molecule has 3 rings (SSSR count). The van der Waals surface area contributed by atoms with E-state index in [1.54, 1.807) is 28.0 Å². The number of ether oxygens (including phenoxy) is 1. The Hall–Kier alpha value is -1.73. The van der Waals surface area contributed by atoms with Crippen molar-refractivity contribution in [3.8, 4) is 5.75 Å². The number of carbonyl (C=O) groups excluding carboxylic acids is 1. The fourth-order valence-corrected chi connectivity index (χ4v) is 4.24. The lowest BCUT2D eigenvalue weighted by Gasteiger charge is -2.39. The van der Waals surface area contributed by atoms with Gasteiger partial charge in [0, 0.05) is 11.1 Å². The van der Waals surface area contributed by atoms with E-state index in [1.807, 2.05) is 37.4 Å². The second-order valence-electron chi connectivity index (χ2n) is 6.19. The molecule has 1 fully saturated rings. The average Bonchev–Trinajstić information content (AvgIpc) is 2.98. The Kier molecular flexibility index (Phi) is 5.86. The molecule has 1 aromatic carbocycles. The Bertz CT molecular complexity index is 721. The molecule has 1 aromatic heterocycles. The fourth-order valence-electron chi connectivity index (χ4n) is 2.73. The molecule has 1 aliphatic heterocycles. The summed E-state index contributed by atoms with van der Waals surface area (Å²) in [5.74, 6) is 1.86. The maximum atomic E-state index is 12.2. The van der Waals surface area contributed by atoms with Gasteiger partial charge in [-0.05, 0) is 31.2 Å². The monoisotopic (exact) mass is 377 g/mol. The Morgan fingerprint density at radius 2 is 2.12 bits per heavy atom. The molecule has 0 bridgehead atoms. The van der Waals surface area contributed by atoms with Crippen LogP contribution in [0.5, 0.6) is 5.75 Å². The normalized spacial score (nSPS) is 14.3. The first kappa shape index (κ1) is 18.1. The van der Waals surface area contributed by atoms with Crippen LogP contribution in [0.2, 0.25) is 0 Å². The maximum absolute atomic E-state index is 12.2. The Balaban J connectivity index is 1.43. The van der Waals surface area contributed by atoms with Gasteiger partial charge in [-0.15, -0.1) is 11.3 Å². The van der Waals surface area contributed by atoms with Gasteiger partial charge in [0.05, 0.1) is 25.3 Å². The Morgan fingerprint density at radius 1 is 1.40 bits per heavy atom. The molecule has 0 aliphatic carbocycles. The molecule has 1 N–H and O–H groups in total. The third-order valence-electron chi connectivity index (χ3n) is 4.12. The van der Waals surface area contributed by atoms with Crippen LogP contribution >= 0.6 is 23.1 Å². The highest BCUT2D eigenvalue weighted by atomic mass is 32.2. The van der Waals surface area contributed by atoms with E-state index in [1.165, 1.54) is 0 Å². The number of carbonyl (C=O) groups is 1.